The molecule has 0 bridgehead atoms. The first kappa shape index (κ1) is 5.06. The minimum Gasteiger partial charge on any atom is -0.374 e. The van der Waals surface area contributed by atoms with Crippen molar-refractivity contribution in [3.8, 4) is 0 Å². The van der Waals surface area contributed by atoms with Gasteiger partial charge >= 0.3 is 0 Å². The lowest BCUT2D eigenvalue weighted by Gasteiger charge is -1.99. The van der Waals surface area contributed by atoms with Crippen molar-refractivity contribution in [2.45, 2.75) is 6.42 Å². The van der Waals surface area contributed by atoms with Gasteiger partial charge < -0.3 is 10.1 Å². The molecule has 41 valence electrons. The molecule has 0 aromatic rings. The van der Waals surface area contributed by atoms with Crippen LogP contribution in [0.5, 0.6) is 0 Å². The van der Waals surface area contributed by atoms with E-state index >= 15 is 0 Å². The maximum Gasteiger partial charge on any atom is 0.111 e. The molecule has 1 fully saturated rings. The molecule has 2 nitrogen and oxygen atoms in total. The normalized spacial score (nSPS) is 23.6. The molecular formula is C5H10NO. The van der Waals surface area contributed by atoms with Gasteiger partial charge in [-0.3, -0.25) is 0 Å². The van der Waals surface area contributed by atoms with E-state index in [0.717, 1.165) is 19.5 Å². The predicted molar refractivity (Wildman–Crippen MR) is 27.7 cm³/mol. The van der Waals surface area contributed by atoms with E-state index < -0.39 is 0 Å². The molecule has 1 heterocycles. The molecule has 1 N–H and O–H groups in total. The average molecular weight is 100 g/mol. The van der Waals surface area contributed by atoms with Crippen LogP contribution in [0.1, 0.15) is 6.42 Å². The van der Waals surface area contributed by atoms with Crippen molar-refractivity contribution in [2.24, 2.45) is 0 Å². The summed E-state index contributed by atoms with van der Waals surface area (Å²) in [5.74, 6) is 0. The van der Waals surface area contributed by atoms with Gasteiger partial charge in [-0.15, -0.1) is 0 Å². The molecule has 1 radical (unpaired) electrons. The molecule has 0 atom stereocenters. The first-order chi connectivity index (χ1) is 3.43. The maximum absolute atomic E-state index is 4.97. The third kappa shape index (κ3) is 1.14. The Balaban J connectivity index is 2.14. The van der Waals surface area contributed by atoms with Crippen LogP contribution >= 0.6 is 0 Å². The first-order valence-electron chi connectivity index (χ1n) is 2.53. The Kier molecular flexibility index (Phi) is 1.65. The van der Waals surface area contributed by atoms with Crippen LogP contribution in [0, 0.1) is 6.10 Å². The summed E-state index contributed by atoms with van der Waals surface area (Å²) < 4.78 is 4.97. The van der Waals surface area contributed by atoms with E-state index in [-0.39, 0.29) is 0 Å². The van der Waals surface area contributed by atoms with Crippen LogP contribution in [0.15, 0.2) is 0 Å². The Labute approximate surface area is 43.9 Å². The number of nitrogens with one attached hydrogen (secondary N) is 1. The zero-order chi connectivity index (χ0) is 5.11. The summed E-state index contributed by atoms with van der Waals surface area (Å²) in [5.41, 5.74) is 0. The highest BCUT2D eigenvalue weighted by Crippen LogP contribution is 2.08. The van der Waals surface area contributed by atoms with Crippen LogP contribution in [0.3, 0.4) is 0 Å². The fraction of sp³-hybridized carbons (Fsp3) is 0.800. The molecular weight excluding hydrogens is 90.1 g/mol. The van der Waals surface area contributed by atoms with Gasteiger partial charge in [0.05, 0.1) is 0 Å². The summed E-state index contributed by atoms with van der Waals surface area (Å²) in [7, 11) is 1.72. The molecule has 0 saturated carbocycles. The molecule has 0 aliphatic carbocycles. The largest absolute Gasteiger partial charge is 0.374 e. The van der Waals surface area contributed by atoms with Gasteiger partial charge in [0.15, 0.2) is 0 Å². The van der Waals surface area contributed by atoms with Gasteiger partial charge in [0.25, 0.3) is 0 Å². The van der Waals surface area contributed by atoms with Crippen LogP contribution in [0.2, 0.25) is 0 Å². The van der Waals surface area contributed by atoms with Crippen molar-refractivity contribution in [1.29, 1.82) is 0 Å². The van der Waals surface area contributed by atoms with Gasteiger partial charge in [0, 0.05) is 13.7 Å². The molecule has 0 aromatic carbocycles. The van der Waals surface area contributed by atoms with Crippen molar-refractivity contribution < 1.29 is 4.74 Å². The quantitative estimate of drug-likeness (QED) is 0.506. The lowest BCUT2D eigenvalue weighted by atomic mass is 10.3. The number of rotatable bonds is 1. The summed E-state index contributed by atoms with van der Waals surface area (Å²) in [5, 5.41) is 3.16. The van der Waals surface area contributed by atoms with E-state index in [4.69, 9.17) is 4.74 Å². The lowest BCUT2D eigenvalue weighted by Crippen LogP contribution is -2.08. The van der Waals surface area contributed by atoms with Gasteiger partial charge in [-0.2, -0.15) is 0 Å². The van der Waals surface area contributed by atoms with Crippen molar-refractivity contribution in [3.63, 3.8) is 0 Å². The predicted octanol–water partition coefficient (Wildman–Crippen LogP) is 0.158. The molecule has 1 aliphatic heterocycles. The second-order valence-electron chi connectivity index (χ2n) is 1.67. The van der Waals surface area contributed by atoms with E-state index in [2.05, 4.69) is 5.32 Å². The Morgan fingerprint density at radius 1 is 1.71 bits per heavy atom. The van der Waals surface area contributed by atoms with Gasteiger partial charge in [-0.1, -0.05) is 0 Å². The zero-order valence-electron chi connectivity index (χ0n) is 4.53. The average Bonchev–Trinajstić information content (AvgIpc) is 2.14. The van der Waals surface area contributed by atoms with E-state index in [0.29, 0.717) is 0 Å². The third-order valence-corrected chi connectivity index (χ3v) is 1.19. The second-order valence-corrected chi connectivity index (χ2v) is 1.67. The standard InChI is InChI=1S/C5H10NO/c1-7-5-2-3-6-4-5/h6H,2-4H2,1H3. The number of hydrogen-bond acceptors (Lipinski definition) is 2. The van der Waals surface area contributed by atoms with Gasteiger partial charge in [-0.05, 0) is 13.0 Å². The van der Waals surface area contributed by atoms with E-state index in [1.165, 1.54) is 6.10 Å². The maximum atomic E-state index is 4.97. The Bertz CT molecular complexity index is 50.0. The SMILES string of the molecule is CO[C]1CCNC1. The summed E-state index contributed by atoms with van der Waals surface area (Å²) in [6.07, 6.45) is 2.27. The molecule has 0 unspecified atom stereocenters. The zero-order valence-corrected chi connectivity index (χ0v) is 4.53. The van der Waals surface area contributed by atoms with Crippen molar-refractivity contribution in [2.75, 3.05) is 20.2 Å². The molecule has 0 amide bonds. The minimum atomic E-state index is 0.955. The third-order valence-electron chi connectivity index (χ3n) is 1.19. The van der Waals surface area contributed by atoms with Crippen molar-refractivity contribution in [1.82, 2.24) is 5.32 Å². The van der Waals surface area contributed by atoms with Crippen molar-refractivity contribution >= 4 is 0 Å². The van der Waals surface area contributed by atoms with Crippen LogP contribution in [0.25, 0.3) is 0 Å². The van der Waals surface area contributed by atoms with E-state index in [9.17, 15) is 0 Å². The fourth-order valence-electron chi connectivity index (χ4n) is 0.718. The Hall–Kier alpha value is -0.0800. The Morgan fingerprint density at radius 3 is 2.86 bits per heavy atom. The summed E-state index contributed by atoms with van der Waals surface area (Å²) in [6.45, 7) is 2.04. The number of methoxy groups -OCH3 is 1. The first-order valence-corrected chi connectivity index (χ1v) is 2.53. The van der Waals surface area contributed by atoms with Gasteiger partial charge in [0.1, 0.15) is 6.10 Å². The molecule has 2 heteroatoms. The molecule has 1 saturated heterocycles. The molecule has 7 heavy (non-hydrogen) atoms. The summed E-state index contributed by atoms with van der Waals surface area (Å²) >= 11 is 0. The van der Waals surface area contributed by atoms with Crippen LogP contribution in [0.4, 0.5) is 0 Å². The Morgan fingerprint density at radius 2 is 2.57 bits per heavy atom. The lowest BCUT2D eigenvalue weighted by molar-refractivity contribution is 0.212. The molecule has 0 aromatic heterocycles. The second kappa shape index (κ2) is 2.28. The monoisotopic (exact) mass is 100 g/mol. The highest BCUT2D eigenvalue weighted by Gasteiger charge is 2.12. The van der Waals surface area contributed by atoms with Crippen LogP contribution < -0.4 is 5.32 Å². The van der Waals surface area contributed by atoms with Crippen molar-refractivity contribution in [3.05, 3.63) is 6.10 Å². The van der Waals surface area contributed by atoms with Crippen LogP contribution in [-0.2, 0) is 4.74 Å². The molecule has 1 aliphatic rings. The molecule has 1 rings (SSSR count). The number of ether oxygens (including phenoxy) is 1. The fourth-order valence-corrected chi connectivity index (χ4v) is 0.718. The topological polar surface area (TPSA) is 21.3 Å². The smallest absolute Gasteiger partial charge is 0.111 e. The number of hydrogen-bond donors (Lipinski definition) is 1. The van der Waals surface area contributed by atoms with Gasteiger partial charge in [0.2, 0.25) is 0 Å². The highest BCUT2D eigenvalue weighted by atomic mass is 16.5. The van der Waals surface area contributed by atoms with E-state index in [1.807, 2.05) is 0 Å². The summed E-state index contributed by atoms with van der Waals surface area (Å²) in [4.78, 5) is 0. The van der Waals surface area contributed by atoms with E-state index in [1.54, 1.807) is 7.11 Å². The summed E-state index contributed by atoms with van der Waals surface area (Å²) in [6, 6.07) is 0. The van der Waals surface area contributed by atoms with Gasteiger partial charge in [-0.25, -0.2) is 0 Å². The minimum absolute atomic E-state index is 0.955. The van der Waals surface area contributed by atoms with Crippen LogP contribution in [-0.4, -0.2) is 20.2 Å². The highest BCUT2D eigenvalue weighted by molar-refractivity contribution is 4.87. The molecule has 0 spiro atoms.